The van der Waals surface area contributed by atoms with Crippen LogP contribution in [0.3, 0.4) is 0 Å². The molecule has 0 saturated carbocycles. The molecule has 0 radical (unpaired) electrons. The van der Waals surface area contributed by atoms with Gasteiger partial charge in [-0.25, -0.2) is 4.98 Å². The molecule has 1 atom stereocenters. The highest BCUT2D eigenvalue weighted by Gasteiger charge is 2.41. The summed E-state index contributed by atoms with van der Waals surface area (Å²) in [4.78, 5) is 18.6. The van der Waals surface area contributed by atoms with Crippen LogP contribution in [0, 0.1) is 0 Å². The van der Waals surface area contributed by atoms with Crippen molar-refractivity contribution in [3.8, 4) is 0 Å². The van der Waals surface area contributed by atoms with E-state index in [0.29, 0.717) is 0 Å². The van der Waals surface area contributed by atoms with Gasteiger partial charge >= 0.3 is 0 Å². The number of carbonyl (C=O) groups is 1. The number of hydrogen-bond acceptors (Lipinski definition) is 3. The topological polar surface area (TPSA) is 50.2 Å². The number of imidazole rings is 1. The number of aryl methyl sites for hydroxylation is 1. The average molecular weight is 250 g/mol. The van der Waals surface area contributed by atoms with Crippen LogP contribution in [0.25, 0.3) is 0 Å². The highest BCUT2D eigenvalue weighted by molar-refractivity contribution is 5.86. The third kappa shape index (κ3) is 2.27. The second kappa shape index (κ2) is 5.10. The van der Waals surface area contributed by atoms with E-state index in [2.05, 4.69) is 22.1 Å². The van der Waals surface area contributed by atoms with Crippen LogP contribution in [0.4, 0.5) is 0 Å². The van der Waals surface area contributed by atoms with E-state index in [1.165, 1.54) is 0 Å². The predicted molar refractivity (Wildman–Crippen MR) is 69.9 cm³/mol. The number of carbonyl (C=O) groups excluding carboxylic acids is 1. The van der Waals surface area contributed by atoms with Crippen LogP contribution in [0.2, 0.25) is 0 Å². The Bertz CT molecular complexity index is 428. The van der Waals surface area contributed by atoms with Gasteiger partial charge in [-0.1, -0.05) is 13.3 Å². The number of nitrogens with one attached hydrogen (secondary N) is 1. The monoisotopic (exact) mass is 250 g/mol. The van der Waals surface area contributed by atoms with Gasteiger partial charge in [0, 0.05) is 32.9 Å². The Balaban J connectivity index is 2.18. The Morgan fingerprint density at radius 2 is 2.33 bits per heavy atom. The number of hydrogen-bond donors (Lipinski definition) is 1. The number of amides is 1. The van der Waals surface area contributed by atoms with E-state index in [-0.39, 0.29) is 5.91 Å². The lowest BCUT2D eigenvalue weighted by atomic mass is 9.90. The van der Waals surface area contributed by atoms with Crippen molar-refractivity contribution >= 4 is 5.91 Å². The van der Waals surface area contributed by atoms with Crippen molar-refractivity contribution in [2.75, 3.05) is 13.1 Å². The van der Waals surface area contributed by atoms with Gasteiger partial charge in [0.2, 0.25) is 5.91 Å². The molecule has 1 N–H and O–H groups in total. The van der Waals surface area contributed by atoms with Gasteiger partial charge in [-0.05, 0) is 13.3 Å². The van der Waals surface area contributed by atoms with Crippen LogP contribution in [0.5, 0.6) is 0 Å². The number of piperazine rings is 1. The lowest BCUT2D eigenvalue weighted by molar-refractivity contribution is -0.137. The molecule has 0 aromatic carbocycles. The van der Waals surface area contributed by atoms with Crippen molar-refractivity contribution in [2.45, 2.75) is 38.8 Å². The molecule has 5 heteroatoms. The lowest BCUT2D eigenvalue weighted by Crippen LogP contribution is -2.62. The van der Waals surface area contributed by atoms with E-state index in [4.69, 9.17) is 0 Å². The molecular formula is C13H22N4O. The van der Waals surface area contributed by atoms with Gasteiger partial charge in [0.25, 0.3) is 0 Å². The maximum absolute atomic E-state index is 12.2. The van der Waals surface area contributed by atoms with Crippen molar-refractivity contribution in [3.05, 3.63) is 18.2 Å². The molecule has 1 aliphatic rings. The molecule has 1 saturated heterocycles. The molecule has 1 amide bonds. The zero-order valence-corrected chi connectivity index (χ0v) is 11.4. The molecule has 1 aliphatic heterocycles. The summed E-state index contributed by atoms with van der Waals surface area (Å²) < 4.78 is 2.01. The van der Waals surface area contributed by atoms with E-state index < -0.39 is 5.54 Å². The van der Waals surface area contributed by atoms with Crippen LogP contribution in [-0.4, -0.2) is 39.0 Å². The fourth-order valence-corrected chi connectivity index (χ4v) is 2.63. The number of rotatable bonds is 4. The van der Waals surface area contributed by atoms with Gasteiger partial charge in [0.05, 0.1) is 17.6 Å². The normalized spacial score (nSPS) is 25.2. The summed E-state index contributed by atoms with van der Waals surface area (Å²) >= 11 is 0. The summed E-state index contributed by atoms with van der Waals surface area (Å²) in [6, 6.07) is 0. The molecule has 100 valence electrons. The van der Waals surface area contributed by atoms with E-state index in [0.717, 1.165) is 38.2 Å². The molecule has 1 aromatic rings. The predicted octanol–water partition coefficient (Wildman–Crippen LogP) is 0.911. The SMILES string of the molecule is CCC[C@@]1(C)C(=O)NCCN1Cc1cncn1C. The van der Waals surface area contributed by atoms with E-state index in [9.17, 15) is 4.79 Å². The largest absolute Gasteiger partial charge is 0.353 e. The average Bonchev–Trinajstić information content (AvgIpc) is 2.72. The molecule has 5 nitrogen and oxygen atoms in total. The fraction of sp³-hybridized carbons (Fsp3) is 0.692. The van der Waals surface area contributed by atoms with E-state index in [1.54, 1.807) is 6.33 Å². The second-order valence-corrected chi connectivity index (χ2v) is 5.20. The van der Waals surface area contributed by atoms with Crippen molar-refractivity contribution in [2.24, 2.45) is 7.05 Å². The molecule has 2 heterocycles. The van der Waals surface area contributed by atoms with Gasteiger partial charge in [-0.2, -0.15) is 0 Å². The minimum absolute atomic E-state index is 0.151. The molecule has 0 bridgehead atoms. The van der Waals surface area contributed by atoms with Gasteiger partial charge in [-0.3, -0.25) is 9.69 Å². The summed E-state index contributed by atoms with van der Waals surface area (Å²) in [6.07, 6.45) is 5.57. The maximum atomic E-state index is 12.2. The quantitative estimate of drug-likeness (QED) is 0.864. The van der Waals surface area contributed by atoms with E-state index in [1.807, 2.05) is 24.7 Å². The summed E-state index contributed by atoms with van der Waals surface area (Å²) in [5.41, 5.74) is 0.754. The lowest BCUT2D eigenvalue weighted by Gasteiger charge is -2.43. The maximum Gasteiger partial charge on any atom is 0.240 e. The Morgan fingerprint density at radius 1 is 1.56 bits per heavy atom. The number of aromatic nitrogens is 2. The van der Waals surface area contributed by atoms with Gasteiger partial charge in [-0.15, -0.1) is 0 Å². The molecule has 2 rings (SSSR count). The molecule has 1 aromatic heterocycles. The zero-order valence-electron chi connectivity index (χ0n) is 11.4. The Kier molecular flexibility index (Phi) is 3.71. The fourth-order valence-electron chi connectivity index (χ4n) is 2.63. The summed E-state index contributed by atoms with van der Waals surface area (Å²) in [6.45, 7) is 6.57. The first kappa shape index (κ1) is 13.1. The smallest absolute Gasteiger partial charge is 0.240 e. The van der Waals surface area contributed by atoms with Crippen molar-refractivity contribution in [1.29, 1.82) is 0 Å². The van der Waals surface area contributed by atoms with Crippen molar-refractivity contribution < 1.29 is 4.79 Å². The summed E-state index contributed by atoms with van der Waals surface area (Å²) in [5, 5.41) is 2.98. The molecule has 0 unspecified atom stereocenters. The highest BCUT2D eigenvalue weighted by atomic mass is 16.2. The zero-order chi connectivity index (χ0) is 13.2. The van der Waals surface area contributed by atoms with Gasteiger partial charge < -0.3 is 9.88 Å². The van der Waals surface area contributed by atoms with E-state index >= 15 is 0 Å². The van der Waals surface area contributed by atoms with Gasteiger partial charge in [0.1, 0.15) is 0 Å². The van der Waals surface area contributed by atoms with Crippen LogP contribution in [-0.2, 0) is 18.4 Å². The molecule has 0 aliphatic carbocycles. The summed E-state index contributed by atoms with van der Waals surface area (Å²) in [7, 11) is 1.99. The molecule has 1 fully saturated rings. The summed E-state index contributed by atoms with van der Waals surface area (Å²) in [5.74, 6) is 0.151. The van der Waals surface area contributed by atoms with Crippen LogP contribution < -0.4 is 5.32 Å². The van der Waals surface area contributed by atoms with Crippen LogP contribution in [0.1, 0.15) is 32.4 Å². The molecule has 18 heavy (non-hydrogen) atoms. The van der Waals surface area contributed by atoms with Crippen LogP contribution >= 0.6 is 0 Å². The Hall–Kier alpha value is -1.36. The Labute approximate surface area is 108 Å². The van der Waals surface area contributed by atoms with Crippen molar-refractivity contribution in [1.82, 2.24) is 19.8 Å². The number of nitrogens with zero attached hydrogens (tertiary/aromatic N) is 3. The Morgan fingerprint density at radius 3 is 2.94 bits per heavy atom. The second-order valence-electron chi connectivity index (χ2n) is 5.20. The minimum Gasteiger partial charge on any atom is -0.353 e. The first-order valence-corrected chi connectivity index (χ1v) is 6.56. The van der Waals surface area contributed by atoms with Gasteiger partial charge in [0.15, 0.2) is 0 Å². The van der Waals surface area contributed by atoms with Crippen molar-refractivity contribution in [3.63, 3.8) is 0 Å². The first-order chi connectivity index (χ1) is 8.58. The van der Waals surface area contributed by atoms with Crippen LogP contribution in [0.15, 0.2) is 12.5 Å². The molecule has 0 spiro atoms. The third-order valence-corrected chi connectivity index (χ3v) is 3.86. The minimum atomic E-state index is -0.392. The highest BCUT2D eigenvalue weighted by Crippen LogP contribution is 2.25. The standard InChI is InChI=1S/C13H22N4O/c1-4-5-13(2)12(18)15-6-7-17(13)9-11-8-14-10-16(11)3/h8,10H,4-7,9H2,1-3H3,(H,15,18)/t13-/m0/s1. The first-order valence-electron chi connectivity index (χ1n) is 6.56. The molecular weight excluding hydrogens is 228 g/mol. The third-order valence-electron chi connectivity index (χ3n) is 3.86.